The lowest BCUT2D eigenvalue weighted by Crippen LogP contribution is -2.14. The third kappa shape index (κ3) is 2.44. The van der Waals surface area contributed by atoms with Crippen molar-refractivity contribution in [3.63, 3.8) is 0 Å². The van der Waals surface area contributed by atoms with Crippen molar-refractivity contribution in [3.05, 3.63) is 88.2 Å². The number of halogens is 1. The van der Waals surface area contributed by atoms with E-state index in [1.54, 1.807) is 6.20 Å². The van der Waals surface area contributed by atoms with E-state index in [4.69, 9.17) is 5.73 Å². The molecular weight excluding hydrogens is 404 g/mol. The number of nitrogens with one attached hydrogen (secondary N) is 1. The van der Waals surface area contributed by atoms with Crippen molar-refractivity contribution in [1.82, 2.24) is 9.61 Å². The highest BCUT2D eigenvalue weighted by Gasteiger charge is 2.28. The Balaban J connectivity index is 1.90. The van der Waals surface area contributed by atoms with E-state index in [9.17, 15) is 4.79 Å². The molecule has 132 valence electrons. The van der Waals surface area contributed by atoms with Crippen LogP contribution >= 0.6 is 15.9 Å². The van der Waals surface area contributed by atoms with Crippen LogP contribution in [0.5, 0.6) is 0 Å². The SMILES string of the molecule is NC(=O)c1cnn2ccc3c2c1-c1ccccc1NC3c1cccc(Br)c1. The number of hydrogen-bond donors (Lipinski definition) is 2. The molecule has 0 bridgehead atoms. The van der Waals surface area contributed by atoms with Crippen LogP contribution in [-0.4, -0.2) is 15.5 Å². The minimum Gasteiger partial charge on any atom is -0.374 e. The third-order valence-electron chi connectivity index (χ3n) is 4.97. The van der Waals surface area contributed by atoms with Crippen molar-refractivity contribution in [2.24, 2.45) is 5.73 Å². The molecule has 1 atom stereocenters. The van der Waals surface area contributed by atoms with E-state index in [1.807, 2.05) is 53.2 Å². The maximum atomic E-state index is 12.1. The molecule has 2 aromatic heterocycles. The summed E-state index contributed by atoms with van der Waals surface area (Å²) < 4.78 is 2.82. The Bertz CT molecular complexity index is 1210. The first-order valence-corrected chi connectivity index (χ1v) is 9.34. The van der Waals surface area contributed by atoms with Crippen LogP contribution in [0.4, 0.5) is 5.69 Å². The summed E-state index contributed by atoms with van der Waals surface area (Å²) in [5, 5.41) is 8.05. The molecule has 0 saturated carbocycles. The van der Waals surface area contributed by atoms with Crippen molar-refractivity contribution in [3.8, 4) is 11.1 Å². The Labute approximate surface area is 163 Å². The Hall–Kier alpha value is -3.12. The second kappa shape index (κ2) is 5.96. The van der Waals surface area contributed by atoms with Gasteiger partial charge in [-0.15, -0.1) is 0 Å². The summed E-state index contributed by atoms with van der Waals surface area (Å²) in [5.74, 6) is -0.483. The molecule has 27 heavy (non-hydrogen) atoms. The van der Waals surface area contributed by atoms with Gasteiger partial charge in [-0.25, -0.2) is 4.52 Å². The molecular formula is C21H15BrN4O. The standard InChI is InChI=1S/C21H15BrN4O/c22-13-5-3-4-12(10-13)19-15-8-9-26-20(15)18(16(11-24-26)21(23)27)14-6-1-2-7-17(14)25-19/h1-11,19,25H,(H2,23,27). The number of aromatic nitrogens is 2. The minimum atomic E-state index is -0.483. The number of anilines is 1. The van der Waals surface area contributed by atoms with E-state index in [-0.39, 0.29) is 6.04 Å². The molecule has 1 aliphatic rings. The molecule has 1 aliphatic heterocycles. The molecule has 6 heteroatoms. The molecule has 0 fully saturated rings. The normalized spacial score (nSPS) is 15.1. The highest BCUT2D eigenvalue weighted by Crippen LogP contribution is 2.43. The number of benzene rings is 2. The second-order valence-corrected chi connectivity index (χ2v) is 7.46. The number of para-hydroxylation sites is 1. The first kappa shape index (κ1) is 16.1. The summed E-state index contributed by atoms with van der Waals surface area (Å²) in [5.41, 5.74) is 11.9. The first-order chi connectivity index (χ1) is 13.1. The van der Waals surface area contributed by atoms with Gasteiger partial charge < -0.3 is 11.1 Å². The number of carbonyl (C=O) groups is 1. The largest absolute Gasteiger partial charge is 0.374 e. The van der Waals surface area contributed by atoms with Crippen LogP contribution in [0, 0.1) is 0 Å². The molecule has 0 spiro atoms. The van der Waals surface area contributed by atoms with Crippen LogP contribution < -0.4 is 11.1 Å². The topological polar surface area (TPSA) is 72.4 Å². The summed E-state index contributed by atoms with van der Waals surface area (Å²) >= 11 is 3.56. The van der Waals surface area contributed by atoms with Crippen LogP contribution in [-0.2, 0) is 0 Å². The van der Waals surface area contributed by atoms with Crippen LogP contribution in [0.1, 0.15) is 27.5 Å². The van der Waals surface area contributed by atoms with Gasteiger partial charge in [-0.2, -0.15) is 5.10 Å². The molecule has 2 aromatic carbocycles. The molecule has 1 unspecified atom stereocenters. The number of amides is 1. The van der Waals surface area contributed by atoms with Crippen LogP contribution in [0.25, 0.3) is 16.6 Å². The average Bonchev–Trinajstić information content (AvgIpc) is 3.03. The van der Waals surface area contributed by atoms with Crippen molar-refractivity contribution in [1.29, 1.82) is 0 Å². The maximum absolute atomic E-state index is 12.1. The van der Waals surface area contributed by atoms with E-state index in [0.717, 1.165) is 37.9 Å². The highest BCUT2D eigenvalue weighted by molar-refractivity contribution is 9.10. The Morgan fingerprint density at radius 1 is 1.15 bits per heavy atom. The summed E-state index contributed by atoms with van der Waals surface area (Å²) in [6.07, 6.45) is 3.46. The average molecular weight is 419 g/mol. The first-order valence-electron chi connectivity index (χ1n) is 8.55. The van der Waals surface area contributed by atoms with Crippen molar-refractivity contribution in [2.75, 3.05) is 5.32 Å². The lowest BCUT2D eigenvalue weighted by Gasteiger charge is -2.19. The zero-order valence-corrected chi connectivity index (χ0v) is 15.8. The monoisotopic (exact) mass is 418 g/mol. The van der Waals surface area contributed by atoms with Crippen molar-refractivity contribution < 1.29 is 4.79 Å². The second-order valence-electron chi connectivity index (χ2n) is 6.54. The predicted octanol–water partition coefficient (Wildman–Crippen LogP) is 4.38. The van der Waals surface area contributed by atoms with Gasteiger partial charge in [-0.3, -0.25) is 4.79 Å². The lowest BCUT2D eigenvalue weighted by molar-refractivity contribution is 0.100. The molecule has 0 saturated heterocycles. The molecule has 3 heterocycles. The minimum absolute atomic E-state index is 0.0835. The maximum Gasteiger partial charge on any atom is 0.251 e. The molecule has 0 aliphatic carbocycles. The fourth-order valence-electron chi connectivity index (χ4n) is 3.81. The zero-order valence-electron chi connectivity index (χ0n) is 14.2. The summed E-state index contributed by atoms with van der Waals surface area (Å²) in [7, 11) is 0. The third-order valence-corrected chi connectivity index (χ3v) is 5.46. The van der Waals surface area contributed by atoms with Gasteiger partial charge in [0.05, 0.1) is 23.3 Å². The predicted molar refractivity (Wildman–Crippen MR) is 109 cm³/mol. The number of nitrogens with two attached hydrogens (primary N) is 1. The van der Waals surface area contributed by atoms with Gasteiger partial charge in [-0.05, 0) is 29.8 Å². The molecule has 5 nitrogen and oxygen atoms in total. The van der Waals surface area contributed by atoms with Gasteiger partial charge in [0, 0.05) is 33.0 Å². The van der Waals surface area contributed by atoms with Crippen LogP contribution in [0.3, 0.4) is 0 Å². The molecule has 4 aromatic rings. The Morgan fingerprint density at radius 2 is 2.00 bits per heavy atom. The number of primary amides is 1. The number of fused-ring (bicyclic) bond motifs is 2. The van der Waals surface area contributed by atoms with Crippen LogP contribution in [0.2, 0.25) is 0 Å². The summed E-state index contributed by atoms with van der Waals surface area (Å²) in [6.45, 7) is 0. The fourth-order valence-corrected chi connectivity index (χ4v) is 4.22. The lowest BCUT2D eigenvalue weighted by atomic mass is 9.96. The van der Waals surface area contributed by atoms with Gasteiger partial charge in [0.15, 0.2) is 0 Å². The van der Waals surface area contributed by atoms with E-state index in [2.05, 4.69) is 38.5 Å². The number of carbonyl (C=O) groups excluding carboxylic acids is 1. The van der Waals surface area contributed by atoms with E-state index in [0.29, 0.717) is 5.56 Å². The van der Waals surface area contributed by atoms with E-state index in [1.165, 1.54) is 0 Å². The van der Waals surface area contributed by atoms with Crippen LogP contribution in [0.15, 0.2) is 71.5 Å². The summed E-state index contributed by atoms with van der Waals surface area (Å²) in [6, 6.07) is 18.1. The summed E-state index contributed by atoms with van der Waals surface area (Å²) in [4.78, 5) is 12.1. The molecule has 3 N–H and O–H groups in total. The zero-order chi connectivity index (χ0) is 18.5. The highest BCUT2D eigenvalue weighted by atomic mass is 79.9. The smallest absolute Gasteiger partial charge is 0.251 e. The Morgan fingerprint density at radius 3 is 2.81 bits per heavy atom. The number of rotatable bonds is 2. The number of nitrogens with zero attached hydrogens (tertiary/aromatic N) is 2. The van der Waals surface area contributed by atoms with Gasteiger partial charge in [0.1, 0.15) is 0 Å². The molecule has 5 rings (SSSR count). The van der Waals surface area contributed by atoms with E-state index < -0.39 is 5.91 Å². The van der Waals surface area contributed by atoms with Gasteiger partial charge in [-0.1, -0.05) is 46.3 Å². The quantitative estimate of drug-likeness (QED) is 0.507. The fraction of sp³-hybridized carbons (Fsp3) is 0.0476. The molecule has 1 amide bonds. The van der Waals surface area contributed by atoms with Gasteiger partial charge in [0.25, 0.3) is 5.91 Å². The van der Waals surface area contributed by atoms with Gasteiger partial charge >= 0.3 is 0 Å². The van der Waals surface area contributed by atoms with Crippen molar-refractivity contribution in [2.45, 2.75) is 6.04 Å². The Kier molecular flexibility index (Phi) is 3.55. The van der Waals surface area contributed by atoms with Crippen molar-refractivity contribution >= 4 is 33.0 Å². The molecule has 0 radical (unpaired) electrons. The number of hydrogen-bond acceptors (Lipinski definition) is 3. The van der Waals surface area contributed by atoms with E-state index >= 15 is 0 Å². The van der Waals surface area contributed by atoms with Gasteiger partial charge in [0.2, 0.25) is 0 Å².